The summed E-state index contributed by atoms with van der Waals surface area (Å²) in [5.74, 6) is 1.32. The number of piperidine rings is 1. The molecule has 8 nitrogen and oxygen atoms in total. The molecular weight excluding hydrogens is 352 g/mol. The number of hydrogen-bond acceptors (Lipinski definition) is 6. The second kappa shape index (κ2) is 7.12. The van der Waals surface area contributed by atoms with Gasteiger partial charge in [-0.2, -0.15) is 9.61 Å². The van der Waals surface area contributed by atoms with Crippen LogP contribution in [-0.2, 0) is 13.6 Å². The highest BCUT2D eigenvalue weighted by molar-refractivity contribution is 5.58. The van der Waals surface area contributed by atoms with E-state index in [9.17, 15) is 0 Å². The summed E-state index contributed by atoms with van der Waals surface area (Å²) in [7, 11) is 2.01. The van der Waals surface area contributed by atoms with Gasteiger partial charge in [0.15, 0.2) is 11.5 Å². The molecule has 5 heterocycles. The number of nitrogens with zero attached hydrogens (tertiary/aromatic N) is 8. The average molecular weight is 374 g/mol. The van der Waals surface area contributed by atoms with Gasteiger partial charge in [0.25, 0.3) is 0 Å². The summed E-state index contributed by atoms with van der Waals surface area (Å²) in [6, 6.07) is 7.88. The molecule has 0 aromatic carbocycles. The zero-order valence-corrected chi connectivity index (χ0v) is 15.8. The number of likely N-dealkylation sites (tertiary alicyclic amines) is 1. The van der Waals surface area contributed by atoms with Crippen molar-refractivity contribution >= 4 is 5.65 Å². The van der Waals surface area contributed by atoms with Crippen molar-refractivity contribution in [3.8, 4) is 11.3 Å². The van der Waals surface area contributed by atoms with Crippen molar-refractivity contribution in [2.75, 3.05) is 13.1 Å². The Morgan fingerprint density at radius 2 is 2.00 bits per heavy atom. The fourth-order valence-electron chi connectivity index (χ4n) is 3.86. The highest BCUT2D eigenvalue weighted by atomic mass is 15.4. The Bertz CT molecular complexity index is 1080. The van der Waals surface area contributed by atoms with Crippen LogP contribution in [0.25, 0.3) is 16.9 Å². The Hall–Kier alpha value is -3.13. The normalized spacial score (nSPS) is 16.0. The highest BCUT2D eigenvalue weighted by Crippen LogP contribution is 2.28. The number of aryl methyl sites for hydroxylation is 1. The third kappa shape index (κ3) is 3.27. The maximum atomic E-state index is 4.80. The first-order valence-corrected chi connectivity index (χ1v) is 9.58. The van der Waals surface area contributed by atoms with Gasteiger partial charge >= 0.3 is 0 Å². The van der Waals surface area contributed by atoms with Crippen LogP contribution >= 0.6 is 0 Å². The summed E-state index contributed by atoms with van der Waals surface area (Å²) in [6.45, 7) is 2.95. The van der Waals surface area contributed by atoms with Gasteiger partial charge in [-0.05, 0) is 50.2 Å². The SMILES string of the molecule is Cn1cnc(CN2CCC(c3nnc4ccc(-c5cccnc5)nn34)CC2)c1. The molecule has 0 N–H and O–H groups in total. The van der Waals surface area contributed by atoms with E-state index in [1.54, 1.807) is 6.20 Å². The third-order valence-electron chi connectivity index (χ3n) is 5.34. The first-order valence-electron chi connectivity index (χ1n) is 9.58. The van der Waals surface area contributed by atoms with E-state index in [4.69, 9.17) is 5.10 Å². The fraction of sp³-hybridized carbons (Fsp3) is 0.350. The van der Waals surface area contributed by atoms with Crippen molar-refractivity contribution in [1.29, 1.82) is 0 Å². The molecule has 0 atom stereocenters. The smallest absolute Gasteiger partial charge is 0.177 e. The van der Waals surface area contributed by atoms with Gasteiger partial charge in [0.2, 0.25) is 0 Å². The maximum absolute atomic E-state index is 4.80. The number of imidazole rings is 1. The number of hydrogen-bond donors (Lipinski definition) is 0. The Kier molecular flexibility index (Phi) is 4.32. The predicted octanol–water partition coefficient (Wildman–Crippen LogP) is 2.30. The minimum absolute atomic E-state index is 0.367. The first-order chi connectivity index (χ1) is 13.8. The van der Waals surface area contributed by atoms with Crippen molar-refractivity contribution in [3.05, 3.63) is 60.7 Å². The highest BCUT2D eigenvalue weighted by Gasteiger charge is 2.25. The fourth-order valence-corrected chi connectivity index (χ4v) is 3.86. The van der Waals surface area contributed by atoms with E-state index >= 15 is 0 Å². The molecule has 1 aliphatic heterocycles. The molecule has 4 aromatic rings. The lowest BCUT2D eigenvalue weighted by molar-refractivity contribution is 0.199. The lowest BCUT2D eigenvalue weighted by Gasteiger charge is -2.30. The Labute approximate surface area is 162 Å². The molecular formula is C20H22N8. The van der Waals surface area contributed by atoms with E-state index in [1.165, 1.54) is 0 Å². The molecule has 1 fully saturated rings. The quantitative estimate of drug-likeness (QED) is 0.545. The van der Waals surface area contributed by atoms with Crippen LogP contribution in [0, 0.1) is 0 Å². The number of fused-ring (bicyclic) bond motifs is 1. The second-order valence-electron chi connectivity index (χ2n) is 7.37. The predicted molar refractivity (Wildman–Crippen MR) is 104 cm³/mol. The molecule has 5 rings (SSSR count). The molecule has 0 unspecified atom stereocenters. The summed E-state index contributed by atoms with van der Waals surface area (Å²) in [5.41, 5.74) is 3.79. The van der Waals surface area contributed by atoms with Crippen LogP contribution in [0.5, 0.6) is 0 Å². The van der Waals surface area contributed by atoms with Crippen molar-refractivity contribution < 1.29 is 0 Å². The Morgan fingerprint density at radius 3 is 2.75 bits per heavy atom. The minimum Gasteiger partial charge on any atom is -0.340 e. The first kappa shape index (κ1) is 17.0. The number of aromatic nitrogens is 7. The average Bonchev–Trinajstić information content (AvgIpc) is 3.35. The van der Waals surface area contributed by atoms with E-state index in [-0.39, 0.29) is 0 Å². The van der Waals surface area contributed by atoms with Crippen LogP contribution in [0.3, 0.4) is 0 Å². The zero-order chi connectivity index (χ0) is 18.9. The Balaban J connectivity index is 1.34. The monoisotopic (exact) mass is 374 g/mol. The molecule has 0 aliphatic carbocycles. The van der Waals surface area contributed by atoms with Gasteiger partial charge in [-0.15, -0.1) is 10.2 Å². The summed E-state index contributed by atoms with van der Waals surface area (Å²) in [5, 5.41) is 13.6. The number of rotatable bonds is 4. The largest absolute Gasteiger partial charge is 0.340 e. The summed E-state index contributed by atoms with van der Waals surface area (Å²) in [6.07, 6.45) is 9.63. The van der Waals surface area contributed by atoms with Crippen molar-refractivity contribution in [2.45, 2.75) is 25.3 Å². The summed E-state index contributed by atoms with van der Waals surface area (Å²) >= 11 is 0. The minimum atomic E-state index is 0.367. The van der Waals surface area contributed by atoms with Gasteiger partial charge in [-0.25, -0.2) is 4.98 Å². The summed E-state index contributed by atoms with van der Waals surface area (Å²) in [4.78, 5) is 11.1. The molecule has 28 heavy (non-hydrogen) atoms. The van der Waals surface area contributed by atoms with Crippen LogP contribution in [0.4, 0.5) is 0 Å². The second-order valence-corrected chi connectivity index (χ2v) is 7.37. The number of pyridine rings is 1. The van der Waals surface area contributed by atoms with Gasteiger partial charge in [0, 0.05) is 43.7 Å². The molecule has 8 heteroatoms. The van der Waals surface area contributed by atoms with E-state index < -0.39 is 0 Å². The van der Waals surface area contributed by atoms with E-state index in [0.717, 1.165) is 60.9 Å². The molecule has 0 amide bonds. The topological polar surface area (TPSA) is 77.0 Å². The molecule has 4 aromatic heterocycles. The molecule has 0 saturated carbocycles. The molecule has 1 saturated heterocycles. The van der Waals surface area contributed by atoms with Crippen LogP contribution in [-0.4, -0.2) is 52.3 Å². The Morgan fingerprint density at radius 1 is 1.11 bits per heavy atom. The van der Waals surface area contributed by atoms with Crippen molar-refractivity contribution in [3.63, 3.8) is 0 Å². The summed E-state index contributed by atoms with van der Waals surface area (Å²) < 4.78 is 3.90. The van der Waals surface area contributed by atoms with Crippen LogP contribution < -0.4 is 0 Å². The van der Waals surface area contributed by atoms with E-state index in [0.29, 0.717) is 5.92 Å². The molecule has 142 valence electrons. The van der Waals surface area contributed by atoms with Gasteiger partial charge in [-0.1, -0.05) is 0 Å². The van der Waals surface area contributed by atoms with Crippen molar-refractivity contribution in [1.82, 2.24) is 39.2 Å². The van der Waals surface area contributed by atoms with Crippen LogP contribution in [0.1, 0.15) is 30.3 Å². The van der Waals surface area contributed by atoms with Crippen LogP contribution in [0.15, 0.2) is 49.2 Å². The third-order valence-corrected chi connectivity index (χ3v) is 5.34. The molecule has 0 spiro atoms. The zero-order valence-electron chi connectivity index (χ0n) is 15.8. The van der Waals surface area contributed by atoms with Gasteiger partial charge in [0.1, 0.15) is 0 Å². The lowest BCUT2D eigenvalue weighted by atomic mass is 9.96. The lowest BCUT2D eigenvalue weighted by Crippen LogP contribution is -2.33. The van der Waals surface area contributed by atoms with E-state index in [1.807, 2.05) is 52.9 Å². The molecule has 0 bridgehead atoms. The maximum Gasteiger partial charge on any atom is 0.177 e. The molecule has 1 aliphatic rings. The van der Waals surface area contributed by atoms with Crippen molar-refractivity contribution in [2.24, 2.45) is 7.05 Å². The van der Waals surface area contributed by atoms with Crippen LogP contribution in [0.2, 0.25) is 0 Å². The standard InChI is InChI=1S/C20H22N8/c1-26-12-17(22-14-26)13-27-9-6-15(7-10-27)20-24-23-19-5-4-18(25-28(19)20)16-3-2-8-21-11-16/h2-5,8,11-12,14-15H,6-7,9-10,13H2,1H3. The molecule has 0 radical (unpaired) electrons. The van der Waals surface area contributed by atoms with Gasteiger partial charge < -0.3 is 4.57 Å². The van der Waals surface area contributed by atoms with Gasteiger partial charge in [0.05, 0.1) is 17.7 Å². The van der Waals surface area contributed by atoms with E-state index in [2.05, 4.69) is 31.3 Å². The van der Waals surface area contributed by atoms with Gasteiger partial charge in [-0.3, -0.25) is 9.88 Å².